The first kappa shape index (κ1) is 6.86. The maximum absolute atomic E-state index is 10.7. The van der Waals surface area contributed by atoms with Crippen LogP contribution in [0.3, 0.4) is 0 Å². The van der Waals surface area contributed by atoms with E-state index >= 15 is 0 Å². The Hall–Kier alpha value is -1.25. The molecule has 0 aromatic carbocycles. The zero-order valence-corrected chi connectivity index (χ0v) is 5.97. The van der Waals surface area contributed by atoms with Gasteiger partial charge in [-0.05, 0) is 6.92 Å². The summed E-state index contributed by atoms with van der Waals surface area (Å²) in [5.41, 5.74) is 5.85. The van der Waals surface area contributed by atoms with Gasteiger partial charge in [0.25, 0.3) is 0 Å². The van der Waals surface area contributed by atoms with Gasteiger partial charge in [-0.25, -0.2) is 0 Å². The Bertz CT molecular complexity index is 263. The third kappa shape index (κ3) is 1.03. The Morgan fingerprint density at radius 3 is 2.50 bits per heavy atom. The summed E-state index contributed by atoms with van der Waals surface area (Å²) in [4.78, 5) is 10.7. The van der Waals surface area contributed by atoms with Crippen LogP contribution in [0.5, 0.6) is 0 Å². The summed E-state index contributed by atoms with van der Waals surface area (Å²) in [6.07, 6.45) is 0. The molecule has 0 saturated heterocycles. The van der Waals surface area contributed by atoms with Gasteiger partial charge in [-0.1, -0.05) is 0 Å². The van der Waals surface area contributed by atoms with Crippen molar-refractivity contribution in [3.63, 3.8) is 0 Å². The SMILES string of the molecule is CC(=O)c1oc(C)cc1N. The van der Waals surface area contributed by atoms with Crippen LogP contribution in [-0.2, 0) is 0 Å². The van der Waals surface area contributed by atoms with Crippen molar-refractivity contribution < 1.29 is 9.21 Å². The van der Waals surface area contributed by atoms with Gasteiger partial charge in [-0.2, -0.15) is 0 Å². The molecule has 2 N–H and O–H groups in total. The molecule has 0 aliphatic rings. The topological polar surface area (TPSA) is 56.2 Å². The molecule has 0 fully saturated rings. The lowest BCUT2D eigenvalue weighted by molar-refractivity contribution is 0.0987. The molecule has 0 bridgehead atoms. The first-order valence-electron chi connectivity index (χ1n) is 2.98. The molecule has 0 aliphatic carbocycles. The van der Waals surface area contributed by atoms with E-state index in [4.69, 9.17) is 10.2 Å². The van der Waals surface area contributed by atoms with Crippen molar-refractivity contribution in [3.8, 4) is 0 Å². The van der Waals surface area contributed by atoms with E-state index < -0.39 is 0 Å². The van der Waals surface area contributed by atoms with Crippen molar-refractivity contribution in [3.05, 3.63) is 17.6 Å². The predicted molar refractivity (Wildman–Crippen MR) is 37.9 cm³/mol. The number of hydrogen-bond acceptors (Lipinski definition) is 3. The van der Waals surface area contributed by atoms with Gasteiger partial charge in [0.2, 0.25) is 0 Å². The van der Waals surface area contributed by atoms with Crippen molar-refractivity contribution >= 4 is 11.5 Å². The van der Waals surface area contributed by atoms with Gasteiger partial charge in [-0.3, -0.25) is 4.79 Å². The molecule has 1 aromatic heterocycles. The zero-order valence-electron chi connectivity index (χ0n) is 5.97. The van der Waals surface area contributed by atoms with E-state index in [0.717, 1.165) is 0 Å². The van der Waals surface area contributed by atoms with E-state index in [0.29, 0.717) is 11.4 Å². The molecule has 0 unspecified atom stereocenters. The van der Waals surface area contributed by atoms with Crippen LogP contribution in [0.15, 0.2) is 10.5 Å². The van der Waals surface area contributed by atoms with Gasteiger partial charge >= 0.3 is 0 Å². The summed E-state index contributed by atoms with van der Waals surface area (Å²) >= 11 is 0. The van der Waals surface area contributed by atoms with Crippen LogP contribution in [0.2, 0.25) is 0 Å². The second kappa shape index (κ2) is 2.17. The van der Waals surface area contributed by atoms with Crippen molar-refractivity contribution in [2.75, 3.05) is 5.73 Å². The van der Waals surface area contributed by atoms with Gasteiger partial charge in [0, 0.05) is 13.0 Å². The smallest absolute Gasteiger partial charge is 0.197 e. The number of anilines is 1. The molecule has 54 valence electrons. The highest BCUT2D eigenvalue weighted by Gasteiger charge is 2.09. The van der Waals surface area contributed by atoms with E-state index in [1.54, 1.807) is 13.0 Å². The van der Waals surface area contributed by atoms with Gasteiger partial charge in [0.1, 0.15) is 5.76 Å². The van der Waals surface area contributed by atoms with Gasteiger partial charge in [0.05, 0.1) is 5.69 Å². The molecule has 0 atom stereocenters. The average molecular weight is 139 g/mol. The van der Waals surface area contributed by atoms with Crippen molar-refractivity contribution in [2.45, 2.75) is 13.8 Å². The number of furan rings is 1. The number of carbonyl (C=O) groups is 1. The fourth-order valence-corrected chi connectivity index (χ4v) is 0.809. The minimum Gasteiger partial charge on any atom is -0.456 e. The fourth-order valence-electron chi connectivity index (χ4n) is 0.809. The minimum absolute atomic E-state index is 0.134. The Labute approximate surface area is 58.8 Å². The van der Waals surface area contributed by atoms with E-state index in [-0.39, 0.29) is 11.5 Å². The average Bonchev–Trinajstić information content (AvgIpc) is 2.10. The third-order valence-corrected chi connectivity index (χ3v) is 1.20. The van der Waals surface area contributed by atoms with Crippen LogP contribution in [0, 0.1) is 6.92 Å². The number of aryl methyl sites for hydroxylation is 1. The molecule has 0 radical (unpaired) electrons. The number of hydrogen-bond donors (Lipinski definition) is 1. The van der Waals surface area contributed by atoms with Gasteiger partial charge in [-0.15, -0.1) is 0 Å². The molecule has 0 spiro atoms. The number of ketones is 1. The number of nitrogen functional groups attached to an aromatic ring is 1. The van der Waals surface area contributed by atoms with Crippen LogP contribution in [0.4, 0.5) is 5.69 Å². The largest absolute Gasteiger partial charge is 0.456 e. The van der Waals surface area contributed by atoms with E-state index in [9.17, 15) is 4.79 Å². The molecule has 1 heterocycles. The summed E-state index contributed by atoms with van der Waals surface area (Å²) in [5.74, 6) is 0.797. The molecule has 1 aromatic rings. The molecule has 10 heavy (non-hydrogen) atoms. The number of rotatable bonds is 1. The van der Waals surface area contributed by atoms with Crippen LogP contribution in [0.1, 0.15) is 23.2 Å². The van der Waals surface area contributed by atoms with Crippen LogP contribution >= 0.6 is 0 Å². The number of nitrogens with two attached hydrogens (primary N) is 1. The standard InChI is InChI=1S/C7H9NO2/c1-4-3-6(8)7(10-4)5(2)9/h3H,8H2,1-2H3. The summed E-state index contributed by atoms with van der Waals surface area (Å²) in [5, 5.41) is 0. The molecule has 0 aliphatic heterocycles. The molecular weight excluding hydrogens is 130 g/mol. The summed E-state index contributed by atoms with van der Waals surface area (Å²) in [6.45, 7) is 3.18. The van der Waals surface area contributed by atoms with Crippen molar-refractivity contribution in [1.29, 1.82) is 0 Å². The Morgan fingerprint density at radius 2 is 2.30 bits per heavy atom. The van der Waals surface area contributed by atoms with Crippen LogP contribution < -0.4 is 5.73 Å². The summed E-state index contributed by atoms with van der Waals surface area (Å²) < 4.78 is 5.00. The van der Waals surface area contributed by atoms with Crippen LogP contribution in [0.25, 0.3) is 0 Å². The highest BCUT2D eigenvalue weighted by molar-refractivity contribution is 5.96. The highest BCUT2D eigenvalue weighted by Crippen LogP contribution is 2.16. The molecule has 0 amide bonds. The second-order valence-electron chi connectivity index (χ2n) is 2.20. The van der Waals surface area contributed by atoms with E-state index in [1.165, 1.54) is 6.92 Å². The molecular formula is C7H9NO2. The quantitative estimate of drug-likeness (QED) is 0.598. The lowest BCUT2D eigenvalue weighted by Crippen LogP contribution is -1.94. The van der Waals surface area contributed by atoms with E-state index in [2.05, 4.69) is 0 Å². The normalized spacial score (nSPS) is 9.80. The lowest BCUT2D eigenvalue weighted by atomic mass is 10.3. The minimum atomic E-state index is -0.134. The third-order valence-electron chi connectivity index (χ3n) is 1.20. The molecule has 1 rings (SSSR count). The lowest BCUT2D eigenvalue weighted by Gasteiger charge is -1.87. The molecule has 3 heteroatoms. The first-order chi connectivity index (χ1) is 4.61. The Balaban J connectivity index is 3.15. The van der Waals surface area contributed by atoms with E-state index in [1.807, 2.05) is 0 Å². The maximum Gasteiger partial charge on any atom is 0.197 e. The zero-order chi connectivity index (χ0) is 7.72. The molecule has 3 nitrogen and oxygen atoms in total. The van der Waals surface area contributed by atoms with Crippen molar-refractivity contribution in [2.24, 2.45) is 0 Å². The van der Waals surface area contributed by atoms with Gasteiger partial charge < -0.3 is 10.2 Å². The maximum atomic E-state index is 10.7. The first-order valence-corrected chi connectivity index (χ1v) is 2.98. The van der Waals surface area contributed by atoms with Crippen molar-refractivity contribution in [1.82, 2.24) is 0 Å². The predicted octanol–water partition coefficient (Wildman–Crippen LogP) is 1.37. The van der Waals surface area contributed by atoms with Gasteiger partial charge in [0.15, 0.2) is 11.5 Å². The second-order valence-corrected chi connectivity index (χ2v) is 2.20. The Kier molecular flexibility index (Phi) is 1.49. The Morgan fingerprint density at radius 1 is 1.70 bits per heavy atom. The number of Topliss-reactive ketones (excluding diaryl/α,β-unsaturated/α-hetero) is 1. The van der Waals surface area contributed by atoms with Crippen LogP contribution in [-0.4, -0.2) is 5.78 Å². The monoisotopic (exact) mass is 139 g/mol. The fraction of sp³-hybridized carbons (Fsp3) is 0.286. The summed E-state index contributed by atoms with van der Waals surface area (Å²) in [6, 6.07) is 1.64. The summed E-state index contributed by atoms with van der Waals surface area (Å²) in [7, 11) is 0. The molecule has 0 saturated carbocycles. The number of carbonyl (C=O) groups excluding carboxylic acids is 1. The highest BCUT2D eigenvalue weighted by atomic mass is 16.3.